The highest BCUT2D eigenvalue weighted by Crippen LogP contribution is 2.23. The second kappa shape index (κ2) is 8.92. The number of nitrogens with one attached hydrogen (secondary N) is 1. The Hall–Kier alpha value is -0.0800. The molecule has 0 aromatic rings. The minimum absolute atomic E-state index is 0.244. The zero-order valence-corrected chi connectivity index (χ0v) is 13.8. The van der Waals surface area contributed by atoms with Gasteiger partial charge in [0.05, 0.1) is 0 Å². The lowest BCUT2D eigenvalue weighted by atomic mass is 9.87. The molecule has 0 spiro atoms. The molecule has 0 aliphatic rings. The van der Waals surface area contributed by atoms with Crippen molar-refractivity contribution >= 4 is 0 Å². The molecule has 0 radical (unpaired) electrons. The minimum atomic E-state index is 0.244. The lowest BCUT2D eigenvalue weighted by Gasteiger charge is -2.44. The van der Waals surface area contributed by atoms with Crippen LogP contribution >= 0.6 is 0 Å². The van der Waals surface area contributed by atoms with Crippen molar-refractivity contribution in [2.24, 2.45) is 5.92 Å². The van der Waals surface area contributed by atoms with E-state index in [0.29, 0.717) is 6.04 Å². The molecule has 0 aliphatic carbocycles. The van der Waals surface area contributed by atoms with Crippen molar-refractivity contribution in [2.45, 2.75) is 79.3 Å². The first-order chi connectivity index (χ1) is 8.39. The Morgan fingerprint density at radius 3 is 1.94 bits per heavy atom. The van der Waals surface area contributed by atoms with Crippen LogP contribution in [0, 0.1) is 5.92 Å². The molecule has 1 atom stereocenters. The van der Waals surface area contributed by atoms with Gasteiger partial charge in [0.25, 0.3) is 0 Å². The molecule has 0 rings (SSSR count). The van der Waals surface area contributed by atoms with E-state index in [0.717, 1.165) is 25.6 Å². The third kappa shape index (κ3) is 5.71. The van der Waals surface area contributed by atoms with Crippen LogP contribution in [0.2, 0.25) is 0 Å². The monoisotopic (exact) mass is 256 g/mol. The van der Waals surface area contributed by atoms with Gasteiger partial charge in [-0.15, -0.1) is 0 Å². The summed E-state index contributed by atoms with van der Waals surface area (Å²) in [4.78, 5) is 2.58. The second-order valence-electron chi connectivity index (χ2n) is 6.30. The first kappa shape index (κ1) is 17.9. The number of nitrogens with zero attached hydrogens (tertiary/aromatic N) is 1. The Balaban J connectivity index is 4.67. The van der Waals surface area contributed by atoms with Gasteiger partial charge in [-0.25, -0.2) is 0 Å². The summed E-state index contributed by atoms with van der Waals surface area (Å²) < 4.78 is 0. The summed E-state index contributed by atoms with van der Waals surface area (Å²) in [6.07, 6.45) is 3.81. The third-order valence-electron chi connectivity index (χ3n) is 4.10. The molecular weight excluding hydrogens is 220 g/mol. The van der Waals surface area contributed by atoms with Crippen molar-refractivity contribution in [1.29, 1.82) is 0 Å². The van der Waals surface area contributed by atoms with E-state index >= 15 is 0 Å². The van der Waals surface area contributed by atoms with Gasteiger partial charge in [0.15, 0.2) is 0 Å². The summed E-state index contributed by atoms with van der Waals surface area (Å²) in [7, 11) is 0. The summed E-state index contributed by atoms with van der Waals surface area (Å²) in [5.41, 5.74) is 0.244. The number of hydrogen-bond acceptors (Lipinski definition) is 2. The van der Waals surface area contributed by atoms with Crippen molar-refractivity contribution in [2.75, 3.05) is 19.6 Å². The van der Waals surface area contributed by atoms with Gasteiger partial charge in [0, 0.05) is 11.6 Å². The Kier molecular flexibility index (Phi) is 8.89. The first-order valence-electron chi connectivity index (χ1n) is 7.88. The summed E-state index contributed by atoms with van der Waals surface area (Å²) in [6.45, 7) is 19.6. The lowest BCUT2D eigenvalue weighted by molar-refractivity contribution is 0.0851. The van der Waals surface area contributed by atoms with Crippen LogP contribution in [0.5, 0.6) is 0 Å². The largest absolute Gasteiger partial charge is 0.312 e. The molecule has 0 heterocycles. The van der Waals surface area contributed by atoms with Gasteiger partial charge in [-0.1, -0.05) is 34.6 Å². The summed E-state index contributed by atoms with van der Waals surface area (Å²) in [6, 6.07) is 0.597. The van der Waals surface area contributed by atoms with Gasteiger partial charge in [-0.05, 0) is 58.7 Å². The molecule has 0 fully saturated rings. The maximum Gasteiger partial charge on any atom is 0.0306 e. The Morgan fingerprint density at radius 2 is 1.56 bits per heavy atom. The highest BCUT2D eigenvalue weighted by Gasteiger charge is 2.33. The molecule has 0 aliphatic heterocycles. The predicted octanol–water partition coefficient (Wildman–Crippen LogP) is 3.91. The molecule has 0 bridgehead atoms. The molecule has 0 saturated carbocycles. The van der Waals surface area contributed by atoms with E-state index in [2.05, 4.69) is 58.7 Å². The average molecular weight is 256 g/mol. The van der Waals surface area contributed by atoms with Crippen molar-refractivity contribution < 1.29 is 0 Å². The molecule has 2 heteroatoms. The Labute approximate surface area is 116 Å². The normalized spacial score (nSPS) is 14.5. The molecule has 110 valence electrons. The van der Waals surface area contributed by atoms with Gasteiger partial charge in [0.1, 0.15) is 0 Å². The van der Waals surface area contributed by atoms with Crippen LogP contribution in [0.15, 0.2) is 0 Å². The smallest absolute Gasteiger partial charge is 0.0306 e. The molecule has 2 nitrogen and oxygen atoms in total. The summed E-state index contributed by atoms with van der Waals surface area (Å²) in [5, 5.41) is 3.77. The quantitative estimate of drug-likeness (QED) is 0.637. The van der Waals surface area contributed by atoms with Crippen molar-refractivity contribution in [1.82, 2.24) is 10.2 Å². The van der Waals surface area contributed by atoms with Crippen LogP contribution in [0.25, 0.3) is 0 Å². The molecule has 1 unspecified atom stereocenters. The fourth-order valence-corrected chi connectivity index (χ4v) is 2.78. The maximum absolute atomic E-state index is 3.77. The molecule has 18 heavy (non-hydrogen) atoms. The van der Waals surface area contributed by atoms with Crippen molar-refractivity contribution in [3.63, 3.8) is 0 Å². The van der Waals surface area contributed by atoms with Gasteiger partial charge in [-0.2, -0.15) is 0 Å². The van der Waals surface area contributed by atoms with E-state index in [1.54, 1.807) is 0 Å². The molecule has 1 N–H and O–H groups in total. The van der Waals surface area contributed by atoms with Gasteiger partial charge in [-0.3, -0.25) is 4.90 Å². The van der Waals surface area contributed by atoms with Crippen LogP contribution in [0.1, 0.15) is 67.7 Å². The molecule has 0 aromatic heterocycles. The second-order valence-corrected chi connectivity index (χ2v) is 6.30. The number of rotatable bonds is 10. The van der Waals surface area contributed by atoms with Crippen LogP contribution in [0.3, 0.4) is 0 Å². The van der Waals surface area contributed by atoms with E-state index in [-0.39, 0.29) is 5.54 Å². The maximum atomic E-state index is 3.77. The third-order valence-corrected chi connectivity index (χ3v) is 4.10. The van der Waals surface area contributed by atoms with Crippen molar-refractivity contribution in [3.8, 4) is 0 Å². The topological polar surface area (TPSA) is 15.3 Å². The van der Waals surface area contributed by atoms with Gasteiger partial charge < -0.3 is 5.32 Å². The molecular formula is C16H36N2. The highest BCUT2D eigenvalue weighted by molar-refractivity contribution is 4.93. The highest BCUT2D eigenvalue weighted by atomic mass is 15.2. The minimum Gasteiger partial charge on any atom is -0.312 e. The van der Waals surface area contributed by atoms with Crippen LogP contribution in [-0.2, 0) is 0 Å². The Bertz CT molecular complexity index is 195. The standard InChI is InChI=1S/C16H36N2/c1-8-13-17-15(12-11-14(4)5)16(6,7)18(9-2)10-3/h14-15,17H,8-13H2,1-7H3. The SMILES string of the molecule is CCCNC(CCC(C)C)C(C)(C)N(CC)CC. The van der Waals surface area contributed by atoms with E-state index in [1.807, 2.05) is 0 Å². The lowest BCUT2D eigenvalue weighted by Crippen LogP contribution is -2.57. The fraction of sp³-hybridized carbons (Fsp3) is 1.00. The zero-order valence-electron chi connectivity index (χ0n) is 13.8. The molecule has 0 saturated heterocycles. The fourth-order valence-electron chi connectivity index (χ4n) is 2.78. The average Bonchev–Trinajstić information content (AvgIpc) is 2.29. The van der Waals surface area contributed by atoms with E-state index in [4.69, 9.17) is 0 Å². The number of likely N-dealkylation sites (N-methyl/N-ethyl adjacent to an activating group) is 1. The first-order valence-corrected chi connectivity index (χ1v) is 7.88. The number of hydrogen-bond donors (Lipinski definition) is 1. The molecule has 0 amide bonds. The Morgan fingerprint density at radius 1 is 1.00 bits per heavy atom. The van der Waals surface area contributed by atoms with E-state index in [9.17, 15) is 0 Å². The predicted molar refractivity (Wildman–Crippen MR) is 83.2 cm³/mol. The van der Waals surface area contributed by atoms with Crippen molar-refractivity contribution in [3.05, 3.63) is 0 Å². The van der Waals surface area contributed by atoms with Crippen LogP contribution < -0.4 is 5.32 Å². The van der Waals surface area contributed by atoms with Gasteiger partial charge in [0.2, 0.25) is 0 Å². The summed E-state index contributed by atoms with van der Waals surface area (Å²) in [5.74, 6) is 0.795. The van der Waals surface area contributed by atoms with E-state index < -0.39 is 0 Å². The van der Waals surface area contributed by atoms with E-state index in [1.165, 1.54) is 19.3 Å². The summed E-state index contributed by atoms with van der Waals surface area (Å²) >= 11 is 0. The van der Waals surface area contributed by atoms with Crippen LogP contribution in [0.4, 0.5) is 0 Å². The molecule has 0 aromatic carbocycles. The zero-order chi connectivity index (χ0) is 14.2. The van der Waals surface area contributed by atoms with Crippen LogP contribution in [-0.4, -0.2) is 36.1 Å². The van der Waals surface area contributed by atoms with Gasteiger partial charge >= 0.3 is 0 Å².